The third-order valence-electron chi connectivity index (χ3n) is 4.12. The summed E-state index contributed by atoms with van der Waals surface area (Å²) >= 11 is 1.28. The molecule has 1 atom stereocenters. The molecule has 27 heavy (non-hydrogen) atoms. The smallest absolute Gasteiger partial charge is 0.234 e. The van der Waals surface area contributed by atoms with Crippen molar-refractivity contribution in [3.63, 3.8) is 0 Å². The second-order valence-electron chi connectivity index (χ2n) is 6.24. The monoisotopic (exact) mass is 418 g/mol. The molecule has 1 aromatic carbocycles. The maximum atomic E-state index is 12.8. The summed E-state index contributed by atoms with van der Waals surface area (Å²) in [5, 5.41) is 8.63. The van der Waals surface area contributed by atoms with Crippen molar-refractivity contribution < 1.29 is 14.0 Å². The first kappa shape index (κ1) is 23.7. The van der Waals surface area contributed by atoms with E-state index >= 15 is 0 Å². The summed E-state index contributed by atoms with van der Waals surface area (Å²) < 4.78 is 12.8. The summed E-state index contributed by atoms with van der Waals surface area (Å²) in [7, 11) is 0. The summed E-state index contributed by atoms with van der Waals surface area (Å²) in [5.41, 5.74) is 0.544. The largest absolute Gasteiger partial charge is 0.355 e. The van der Waals surface area contributed by atoms with Crippen molar-refractivity contribution >= 4 is 41.7 Å². The van der Waals surface area contributed by atoms with E-state index in [9.17, 15) is 14.0 Å². The van der Waals surface area contributed by atoms with E-state index < -0.39 is 0 Å². The SMILES string of the molecule is CC(SCC(=O)Nc1ccc(F)cc1)C(=O)NCCCN1CCNCC1.Cl. The van der Waals surface area contributed by atoms with E-state index in [1.54, 1.807) is 6.92 Å². The zero-order valence-electron chi connectivity index (χ0n) is 15.5. The highest BCUT2D eigenvalue weighted by Gasteiger charge is 2.15. The molecule has 3 N–H and O–H groups in total. The number of rotatable bonds is 9. The van der Waals surface area contributed by atoms with Crippen LogP contribution in [-0.2, 0) is 9.59 Å². The summed E-state index contributed by atoms with van der Waals surface area (Å²) in [6.07, 6.45) is 0.925. The first-order chi connectivity index (χ1) is 12.5. The molecule has 1 fully saturated rings. The molecule has 0 aromatic heterocycles. The molecule has 2 amide bonds. The Morgan fingerprint density at radius 3 is 2.59 bits per heavy atom. The predicted molar refractivity (Wildman–Crippen MR) is 111 cm³/mol. The summed E-state index contributed by atoms with van der Waals surface area (Å²) in [6, 6.07) is 5.59. The lowest BCUT2D eigenvalue weighted by atomic mass is 10.3. The quantitative estimate of drug-likeness (QED) is 0.532. The van der Waals surface area contributed by atoms with Crippen LogP contribution in [0.3, 0.4) is 0 Å². The number of benzene rings is 1. The number of carbonyl (C=O) groups excluding carboxylic acids is 2. The average molecular weight is 419 g/mol. The van der Waals surface area contributed by atoms with Gasteiger partial charge in [-0.1, -0.05) is 0 Å². The number of piperazine rings is 1. The van der Waals surface area contributed by atoms with Gasteiger partial charge in [0.25, 0.3) is 0 Å². The molecule has 0 spiro atoms. The van der Waals surface area contributed by atoms with Gasteiger partial charge < -0.3 is 20.9 Å². The molecule has 0 saturated carbocycles. The Kier molecular flexibility index (Phi) is 11.3. The first-order valence-corrected chi connectivity index (χ1v) is 9.97. The van der Waals surface area contributed by atoms with Crippen LogP contribution in [0.4, 0.5) is 10.1 Å². The van der Waals surface area contributed by atoms with E-state index in [1.165, 1.54) is 36.0 Å². The molecule has 0 radical (unpaired) electrons. The number of nitrogens with one attached hydrogen (secondary N) is 3. The van der Waals surface area contributed by atoms with Gasteiger partial charge in [-0.05, 0) is 44.2 Å². The summed E-state index contributed by atoms with van der Waals surface area (Å²) in [6.45, 7) is 7.60. The third-order valence-corrected chi connectivity index (χ3v) is 5.26. The van der Waals surface area contributed by atoms with Crippen LogP contribution in [0, 0.1) is 5.82 Å². The summed E-state index contributed by atoms with van der Waals surface area (Å²) in [4.78, 5) is 26.4. The molecule has 9 heteroatoms. The van der Waals surface area contributed by atoms with Crippen molar-refractivity contribution in [2.45, 2.75) is 18.6 Å². The van der Waals surface area contributed by atoms with Crippen molar-refractivity contribution in [3.8, 4) is 0 Å². The van der Waals surface area contributed by atoms with E-state index in [-0.39, 0.29) is 41.0 Å². The van der Waals surface area contributed by atoms with Gasteiger partial charge in [-0.25, -0.2) is 4.39 Å². The van der Waals surface area contributed by atoms with Gasteiger partial charge in [0, 0.05) is 38.4 Å². The number of carbonyl (C=O) groups is 2. The van der Waals surface area contributed by atoms with Gasteiger partial charge in [-0.2, -0.15) is 0 Å². The molecule has 6 nitrogen and oxygen atoms in total. The van der Waals surface area contributed by atoms with Crippen molar-refractivity contribution in [2.75, 3.05) is 50.3 Å². The number of nitrogens with zero attached hydrogens (tertiary/aromatic N) is 1. The molecule has 0 bridgehead atoms. The van der Waals surface area contributed by atoms with Crippen molar-refractivity contribution in [3.05, 3.63) is 30.1 Å². The van der Waals surface area contributed by atoms with Crippen LogP contribution >= 0.6 is 24.2 Å². The molecule has 0 aliphatic carbocycles. The van der Waals surface area contributed by atoms with Crippen LogP contribution in [0.5, 0.6) is 0 Å². The minimum atomic E-state index is -0.348. The Morgan fingerprint density at radius 2 is 1.93 bits per heavy atom. The molecule has 1 aliphatic heterocycles. The maximum Gasteiger partial charge on any atom is 0.234 e. The van der Waals surface area contributed by atoms with Crippen LogP contribution in [0.25, 0.3) is 0 Å². The van der Waals surface area contributed by atoms with Gasteiger partial charge in [0.05, 0.1) is 11.0 Å². The van der Waals surface area contributed by atoms with Gasteiger partial charge in [0.1, 0.15) is 5.82 Å². The fourth-order valence-corrected chi connectivity index (χ4v) is 3.31. The minimum Gasteiger partial charge on any atom is -0.355 e. The molecule has 1 aliphatic rings. The van der Waals surface area contributed by atoms with E-state index in [0.717, 1.165) is 39.1 Å². The van der Waals surface area contributed by atoms with Gasteiger partial charge in [-0.15, -0.1) is 24.2 Å². The Balaban J connectivity index is 0.00000364. The lowest BCUT2D eigenvalue weighted by Crippen LogP contribution is -2.44. The molecule has 152 valence electrons. The van der Waals surface area contributed by atoms with Gasteiger partial charge in [0.15, 0.2) is 0 Å². The second kappa shape index (κ2) is 12.9. The molecule has 1 unspecified atom stereocenters. The highest BCUT2D eigenvalue weighted by atomic mass is 35.5. The van der Waals surface area contributed by atoms with Crippen LogP contribution in [0.2, 0.25) is 0 Å². The topological polar surface area (TPSA) is 73.5 Å². The Bertz CT molecular complexity index is 585. The molecular weight excluding hydrogens is 391 g/mol. The van der Waals surface area contributed by atoms with Crippen molar-refractivity contribution in [1.82, 2.24) is 15.5 Å². The molecule has 1 heterocycles. The van der Waals surface area contributed by atoms with E-state index in [0.29, 0.717) is 12.2 Å². The fraction of sp³-hybridized carbons (Fsp3) is 0.556. The van der Waals surface area contributed by atoms with Crippen LogP contribution < -0.4 is 16.0 Å². The molecule has 2 rings (SSSR count). The summed E-state index contributed by atoms with van der Waals surface area (Å²) in [5.74, 6) is -0.434. The first-order valence-electron chi connectivity index (χ1n) is 8.92. The fourth-order valence-electron chi connectivity index (χ4n) is 2.60. The number of hydrogen-bond donors (Lipinski definition) is 3. The molecule has 1 saturated heterocycles. The number of halogens is 2. The normalized spacial score (nSPS) is 15.5. The van der Waals surface area contributed by atoms with Crippen LogP contribution in [-0.4, -0.2) is 67.0 Å². The zero-order chi connectivity index (χ0) is 18.8. The maximum absolute atomic E-state index is 12.8. The third kappa shape index (κ3) is 9.41. The van der Waals surface area contributed by atoms with E-state index in [2.05, 4.69) is 20.9 Å². The number of amides is 2. The zero-order valence-corrected chi connectivity index (χ0v) is 17.1. The lowest BCUT2D eigenvalue weighted by molar-refractivity contribution is -0.120. The second-order valence-corrected chi connectivity index (χ2v) is 7.57. The van der Waals surface area contributed by atoms with Crippen molar-refractivity contribution in [2.24, 2.45) is 0 Å². The van der Waals surface area contributed by atoms with Gasteiger partial charge in [-0.3, -0.25) is 9.59 Å². The Labute approximate surface area is 170 Å². The van der Waals surface area contributed by atoms with E-state index in [1.807, 2.05) is 0 Å². The van der Waals surface area contributed by atoms with Crippen LogP contribution in [0.15, 0.2) is 24.3 Å². The molecule has 1 aromatic rings. The van der Waals surface area contributed by atoms with Crippen molar-refractivity contribution in [1.29, 1.82) is 0 Å². The number of hydrogen-bond acceptors (Lipinski definition) is 5. The number of anilines is 1. The highest BCUT2D eigenvalue weighted by molar-refractivity contribution is 8.01. The lowest BCUT2D eigenvalue weighted by Gasteiger charge is -2.27. The minimum absolute atomic E-state index is 0. The average Bonchev–Trinajstić information content (AvgIpc) is 2.66. The standard InChI is InChI=1S/C18H27FN4O2S.ClH/c1-14(18(25)21-7-2-10-23-11-8-20-9-12-23)26-13-17(24)22-16-5-3-15(19)4-6-16;/h3-6,14,20H,2,7-13H2,1H3,(H,21,25)(H,22,24);1H. The van der Waals surface area contributed by atoms with Crippen LogP contribution in [0.1, 0.15) is 13.3 Å². The predicted octanol–water partition coefficient (Wildman–Crippen LogP) is 1.72. The highest BCUT2D eigenvalue weighted by Crippen LogP contribution is 2.13. The Morgan fingerprint density at radius 1 is 1.26 bits per heavy atom. The molecular formula is C18H28ClFN4O2S. The number of thioether (sulfide) groups is 1. The van der Waals surface area contributed by atoms with Gasteiger partial charge in [0.2, 0.25) is 11.8 Å². The van der Waals surface area contributed by atoms with E-state index in [4.69, 9.17) is 0 Å². The van der Waals surface area contributed by atoms with Gasteiger partial charge >= 0.3 is 0 Å². The Hall–Kier alpha value is -1.35.